The van der Waals surface area contributed by atoms with Crippen molar-refractivity contribution in [1.82, 2.24) is 0 Å². The molecule has 1 nitrogen and oxygen atoms in total. The second kappa shape index (κ2) is 4.23. The van der Waals surface area contributed by atoms with Gasteiger partial charge in [0.15, 0.2) is 0 Å². The lowest BCUT2D eigenvalue weighted by atomic mass is 10.3. The van der Waals surface area contributed by atoms with Crippen molar-refractivity contribution in [3.8, 4) is 0 Å². The van der Waals surface area contributed by atoms with Crippen LogP contribution < -0.4 is 5.32 Å². The second-order valence-electron chi connectivity index (χ2n) is 2.09. The molecule has 0 aliphatic heterocycles. The van der Waals surface area contributed by atoms with E-state index in [1.165, 1.54) is 6.07 Å². The van der Waals surface area contributed by atoms with Crippen LogP contribution in [0, 0.1) is 5.82 Å². The molecule has 0 radical (unpaired) electrons. The highest BCUT2D eigenvalue weighted by atomic mass is 32.2. The molecule has 1 aromatic carbocycles. The summed E-state index contributed by atoms with van der Waals surface area (Å²) < 4.78 is 12.8. The Morgan fingerprint density at radius 2 is 2.18 bits per heavy atom. The Labute approximate surface area is 70.0 Å². The van der Waals surface area contributed by atoms with Gasteiger partial charge in [0.05, 0.1) is 11.6 Å². The highest BCUT2D eigenvalue weighted by Gasteiger charge is 1.96. The molecule has 0 saturated carbocycles. The van der Waals surface area contributed by atoms with Gasteiger partial charge < -0.3 is 5.32 Å². The van der Waals surface area contributed by atoms with E-state index in [9.17, 15) is 4.39 Å². The van der Waals surface area contributed by atoms with Crippen LogP contribution in [0.4, 0.5) is 10.1 Å². The van der Waals surface area contributed by atoms with Gasteiger partial charge in [-0.25, -0.2) is 4.39 Å². The van der Waals surface area contributed by atoms with Gasteiger partial charge in [-0.3, -0.25) is 0 Å². The van der Waals surface area contributed by atoms with Crippen LogP contribution in [0.15, 0.2) is 24.3 Å². The minimum Gasteiger partial charge on any atom is -0.374 e. The molecule has 60 valence electrons. The summed E-state index contributed by atoms with van der Waals surface area (Å²) in [5.74, 6) is 0.544. The van der Waals surface area contributed by atoms with E-state index in [-0.39, 0.29) is 5.82 Å². The van der Waals surface area contributed by atoms with Gasteiger partial charge in [0.1, 0.15) is 5.82 Å². The Balaban J connectivity index is 2.62. The second-order valence-corrected chi connectivity index (χ2v) is 2.96. The van der Waals surface area contributed by atoms with Crippen LogP contribution in [0.2, 0.25) is 0 Å². The zero-order valence-corrected chi connectivity index (χ0v) is 7.12. The Morgan fingerprint density at radius 3 is 2.82 bits per heavy atom. The Bertz CT molecular complexity index is 227. The van der Waals surface area contributed by atoms with Gasteiger partial charge in [-0.2, -0.15) is 0 Å². The first-order chi connectivity index (χ1) is 5.34. The number of para-hydroxylation sites is 1. The maximum Gasteiger partial charge on any atom is 0.146 e. The van der Waals surface area contributed by atoms with Crippen LogP contribution in [0.25, 0.3) is 0 Å². The quantitative estimate of drug-likeness (QED) is 0.701. The third kappa shape index (κ3) is 2.42. The molecule has 1 aromatic rings. The van der Waals surface area contributed by atoms with Crippen molar-refractivity contribution in [1.29, 1.82) is 0 Å². The van der Waals surface area contributed by atoms with E-state index in [2.05, 4.69) is 5.32 Å². The number of rotatable bonds is 3. The zero-order valence-electron chi connectivity index (χ0n) is 6.30. The highest BCUT2D eigenvalue weighted by Crippen LogP contribution is 2.12. The van der Waals surface area contributed by atoms with Gasteiger partial charge >= 0.3 is 0 Å². The fourth-order valence-corrected chi connectivity index (χ4v) is 1.05. The summed E-state index contributed by atoms with van der Waals surface area (Å²) in [6, 6.07) is 6.67. The monoisotopic (exact) mass is 171 g/mol. The van der Waals surface area contributed by atoms with E-state index in [0.717, 1.165) is 5.88 Å². The van der Waals surface area contributed by atoms with Gasteiger partial charge in [-0.1, -0.05) is 12.1 Å². The van der Waals surface area contributed by atoms with E-state index in [1.54, 1.807) is 23.9 Å². The number of benzene rings is 1. The molecule has 1 N–H and O–H groups in total. The van der Waals surface area contributed by atoms with Crippen molar-refractivity contribution < 1.29 is 4.39 Å². The van der Waals surface area contributed by atoms with Crippen LogP contribution in [-0.4, -0.2) is 12.1 Å². The maximum absolute atomic E-state index is 12.8. The number of thioether (sulfide) groups is 1. The largest absolute Gasteiger partial charge is 0.374 e. The van der Waals surface area contributed by atoms with Crippen LogP contribution in [0.1, 0.15) is 0 Å². The molecule has 0 atom stereocenters. The first-order valence-electron chi connectivity index (χ1n) is 3.32. The maximum atomic E-state index is 12.8. The molecule has 0 bridgehead atoms. The summed E-state index contributed by atoms with van der Waals surface area (Å²) in [6.07, 6.45) is 1.97. The average molecular weight is 171 g/mol. The summed E-state index contributed by atoms with van der Waals surface area (Å²) in [5, 5.41) is 2.95. The average Bonchev–Trinajstić information content (AvgIpc) is 2.03. The predicted octanol–water partition coefficient (Wildman–Crippen LogP) is 2.56. The number of anilines is 1. The van der Waals surface area contributed by atoms with Crippen LogP contribution in [-0.2, 0) is 0 Å². The molecule has 3 heteroatoms. The predicted molar refractivity (Wildman–Crippen MR) is 48.4 cm³/mol. The number of nitrogens with one attached hydrogen (secondary N) is 1. The molecule has 0 aliphatic carbocycles. The molecular formula is C8H10FNS. The van der Waals surface area contributed by atoms with Gasteiger partial charge in [0, 0.05) is 0 Å². The number of hydrogen-bond acceptors (Lipinski definition) is 2. The van der Waals surface area contributed by atoms with Crippen molar-refractivity contribution in [2.45, 2.75) is 0 Å². The Kier molecular flexibility index (Phi) is 3.23. The van der Waals surface area contributed by atoms with E-state index in [0.29, 0.717) is 5.69 Å². The molecule has 0 saturated heterocycles. The first kappa shape index (κ1) is 8.40. The highest BCUT2D eigenvalue weighted by molar-refractivity contribution is 7.98. The van der Waals surface area contributed by atoms with Gasteiger partial charge in [0.25, 0.3) is 0 Å². The summed E-state index contributed by atoms with van der Waals surface area (Å²) >= 11 is 1.63. The Hall–Kier alpha value is -0.700. The molecule has 11 heavy (non-hydrogen) atoms. The van der Waals surface area contributed by atoms with E-state index >= 15 is 0 Å². The molecule has 0 aliphatic rings. The summed E-state index contributed by atoms with van der Waals surface area (Å²) in [6.45, 7) is 0. The third-order valence-electron chi connectivity index (χ3n) is 1.28. The van der Waals surface area contributed by atoms with Crippen LogP contribution in [0.5, 0.6) is 0 Å². The SMILES string of the molecule is CSCNc1ccccc1F. The molecule has 0 aromatic heterocycles. The fraction of sp³-hybridized carbons (Fsp3) is 0.250. The lowest BCUT2D eigenvalue weighted by Gasteiger charge is -2.03. The summed E-state index contributed by atoms with van der Waals surface area (Å²) in [7, 11) is 0. The van der Waals surface area contributed by atoms with Crippen LogP contribution >= 0.6 is 11.8 Å². The zero-order chi connectivity index (χ0) is 8.10. The minimum absolute atomic E-state index is 0.193. The van der Waals surface area contributed by atoms with Crippen molar-refractivity contribution in [3.63, 3.8) is 0 Å². The van der Waals surface area contributed by atoms with Crippen molar-refractivity contribution in [2.24, 2.45) is 0 Å². The topological polar surface area (TPSA) is 12.0 Å². The van der Waals surface area contributed by atoms with E-state index < -0.39 is 0 Å². The lowest BCUT2D eigenvalue weighted by Crippen LogP contribution is -1.98. The molecule has 0 fully saturated rings. The lowest BCUT2D eigenvalue weighted by molar-refractivity contribution is 0.631. The molecule has 0 heterocycles. The van der Waals surface area contributed by atoms with E-state index in [4.69, 9.17) is 0 Å². The molecule has 0 amide bonds. The number of hydrogen-bond donors (Lipinski definition) is 1. The van der Waals surface area contributed by atoms with Gasteiger partial charge in [0.2, 0.25) is 0 Å². The molecule has 0 spiro atoms. The van der Waals surface area contributed by atoms with Gasteiger partial charge in [-0.05, 0) is 18.4 Å². The van der Waals surface area contributed by atoms with E-state index in [1.807, 2.05) is 12.3 Å². The smallest absolute Gasteiger partial charge is 0.146 e. The van der Waals surface area contributed by atoms with Crippen LogP contribution in [0.3, 0.4) is 0 Å². The standard InChI is InChI=1S/C8H10FNS/c1-11-6-10-8-5-3-2-4-7(8)9/h2-5,10H,6H2,1H3. The molecule has 1 rings (SSSR count). The normalized spacial score (nSPS) is 9.64. The minimum atomic E-state index is -0.193. The van der Waals surface area contributed by atoms with Crippen molar-refractivity contribution in [2.75, 3.05) is 17.4 Å². The Morgan fingerprint density at radius 1 is 1.45 bits per heavy atom. The fourth-order valence-electron chi connectivity index (χ4n) is 0.754. The number of halogens is 1. The third-order valence-corrected chi connectivity index (χ3v) is 1.71. The summed E-state index contributed by atoms with van der Waals surface area (Å²) in [5.41, 5.74) is 0.571. The first-order valence-corrected chi connectivity index (χ1v) is 4.71. The summed E-state index contributed by atoms with van der Waals surface area (Å²) in [4.78, 5) is 0. The molecular weight excluding hydrogens is 161 g/mol. The van der Waals surface area contributed by atoms with Gasteiger partial charge in [-0.15, -0.1) is 11.8 Å². The van der Waals surface area contributed by atoms with Crippen molar-refractivity contribution in [3.05, 3.63) is 30.1 Å². The van der Waals surface area contributed by atoms with Crippen molar-refractivity contribution >= 4 is 17.4 Å². The molecule has 0 unspecified atom stereocenters.